The summed E-state index contributed by atoms with van der Waals surface area (Å²) in [5, 5.41) is 0. The molecule has 0 bridgehead atoms. The molecule has 0 aliphatic rings. The van der Waals surface area contributed by atoms with E-state index in [0.717, 1.165) is 83.5 Å². The summed E-state index contributed by atoms with van der Waals surface area (Å²) >= 11 is 0. The molecule has 0 aliphatic carbocycles. The van der Waals surface area contributed by atoms with Gasteiger partial charge < -0.3 is 14.2 Å². The van der Waals surface area contributed by atoms with Gasteiger partial charge in [0.1, 0.15) is 13.2 Å². The van der Waals surface area contributed by atoms with Gasteiger partial charge >= 0.3 is 17.9 Å². The predicted octanol–water partition coefficient (Wildman–Crippen LogP) is 15.9. The number of esters is 3. The number of carbonyl (C=O) groups excluding carboxylic acids is 3. The van der Waals surface area contributed by atoms with Gasteiger partial charge in [0.2, 0.25) is 0 Å². The van der Waals surface area contributed by atoms with Crippen molar-refractivity contribution in [1.82, 2.24) is 0 Å². The molecule has 0 N–H and O–H groups in total. The van der Waals surface area contributed by atoms with Crippen LogP contribution in [0.1, 0.15) is 181 Å². The fourth-order valence-corrected chi connectivity index (χ4v) is 5.88. The highest BCUT2D eigenvalue weighted by atomic mass is 16.6. The lowest BCUT2D eigenvalue weighted by Gasteiger charge is -2.17. The molecule has 1 unspecified atom stereocenters. The lowest BCUT2D eigenvalue weighted by atomic mass is 10.1. The molecule has 0 fully saturated rings. The minimum absolute atomic E-state index is 0.0702. The van der Waals surface area contributed by atoms with E-state index in [-0.39, 0.29) is 32.0 Å². The number of hydrogen-bond acceptors (Lipinski definition) is 6. The van der Waals surface area contributed by atoms with Gasteiger partial charge in [-0.1, -0.05) is 199 Å². The zero-order valence-electron chi connectivity index (χ0n) is 39.3. The van der Waals surface area contributed by atoms with E-state index in [9.17, 15) is 14.4 Å². The Hall–Kier alpha value is -4.45. The summed E-state index contributed by atoms with van der Waals surface area (Å²) in [7, 11) is 0. The monoisotopic (exact) mass is 855 g/mol. The molecule has 0 aromatic rings. The molecule has 0 amide bonds. The van der Waals surface area contributed by atoms with Crippen LogP contribution in [0.2, 0.25) is 0 Å². The minimum atomic E-state index is -0.879. The Balaban J connectivity index is 4.68. The highest BCUT2D eigenvalue weighted by Crippen LogP contribution is 2.11. The van der Waals surface area contributed by atoms with Crippen molar-refractivity contribution < 1.29 is 28.6 Å². The number of rotatable bonds is 41. The molecule has 62 heavy (non-hydrogen) atoms. The molecule has 0 heterocycles. The highest BCUT2D eigenvalue weighted by Gasteiger charge is 2.19. The lowest BCUT2D eigenvalue weighted by Crippen LogP contribution is -2.30. The van der Waals surface area contributed by atoms with Crippen LogP contribution in [0.4, 0.5) is 0 Å². The third-order valence-corrected chi connectivity index (χ3v) is 9.44. The summed E-state index contributed by atoms with van der Waals surface area (Å²) in [6.07, 6.45) is 69.1. The molecule has 6 nitrogen and oxygen atoms in total. The first-order chi connectivity index (χ1) is 30.5. The van der Waals surface area contributed by atoms with Gasteiger partial charge in [-0.2, -0.15) is 0 Å². The second-order valence-corrected chi connectivity index (χ2v) is 15.3. The minimum Gasteiger partial charge on any atom is -0.462 e. The number of unbranched alkanes of at least 4 members (excludes halogenated alkanes) is 10. The Morgan fingerprint density at radius 1 is 0.355 bits per heavy atom. The molecule has 0 aliphatic heterocycles. The van der Waals surface area contributed by atoms with Gasteiger partial charge in [0.05, 0.1) is 12.8 Å². The molecular weight excluding hydrogens is 769 g/mol. The van der Waals surface area contributed by atoms with Gasteiger partial charge in [-0.05, 0) is 96.3 Å². The molecular formula is C56H86O6. The van der Waals surface area contributed by atoms with Gasteiger partial charge in [-0.25, -0.2) is 0 Å². The van der Waals surface area contributed by atoms with Crippen molar-refractivity contribution in [3.8, 4) is 0 Å². The lowest BCUT2D eigenvalue weighted by molar-refractivity contribution is -0.166. The molecule has 0 aromatic heterocycles. The predicted molar refractivity (Wildman–Crippen MR) is 265 cm³/mol. The Morgan fingerprint density at radius 2 is 0.694 bits per heavy atom. The van der Waals surface area contributed by atoms with Crippen molar-refractivity contribution in [2.45, 2.75) is 187 Å². The van der Waals surface area contributed by atoms with E-state index in [1.807, 2.05) is 12.2 Å². The van der Waals surface area contributed by atoms with Crippen LogP contribution < -0.4 is 0 Å². The Labute approximate surface area is 379 Å². The first kappa shape index (κ1) is 57.5. The first-order valence-electron chi connectivity index (χ1n) is 24.2. The number of ether oxygens (including phenoxy) is 3. The second kappa shape index (κ2) is 49.2. The van der Waals surface area contributed by atoms with Gasteiger partial charge in [-0.3, -0.25) is 14.4 Å². The third kappa shape index (κ3) is 46.6. The van der Waals surface area contributed by atoms with Crippen molar-refractivity contribution >= 4 is 17.9 Å². The Kier molecular flexibility index (Phi) is 45.7. The second-order valence-electron chi connectivity index (χ2n) is 15.3. The molecule has 0 saturated carbocycles. The molecule has 0 saturated heterocycles. The third-order valence-electron chi connectivity index (χ3n) is 9.44. The normalized spacial score (nSPS) is 13.3. The molecule has 0 spiro atoms. The average molecular weight is 855 g/mol. The molecule has 0 aromatic carbocycles. The van der Waals surface area contributed by atoms with Crippen molar-refractivity contribution in [3.05, 3.63) is 134 Å². The molecule has 6 heteroatoms. The van der Waals surface area contributed by atoms with Gasteiger partial charge in [0.25, 0.3) is 0 Å². The maximum absolute atomic E-state index is 12.7. The van der Waals surface area contributed by atoms with Crippen molar-refractivity contribution in [2.24, 2.45) is 0 Å². The first-order valence-corrected chi connectivity index (χ1v) is 24.2. The molecule has 1 atom stereocenters. The van der Waals surface area contributed by atoms with Crippen LogP contribution in [0, 0.1) is 0 Å². The zero-order valence-corrected chi connectivity index (χ0v) is 39.3. The van der Waals surface area contributed by atoms with E-state index in [2.05, 4.69) is 130 Å². The molecule has 0 radical (unpaired) electrons. The van der Waals surface area contributed by atoms with E-state index in [0.29, 0.717) is 19.3 Å². The fourth-order valence-electron chi connectivity index (χ4n) is 5.88. The largest absolute Gasteiger partial charge is 0.462 e. The molecule has 0 rings (SSSR count). The van der Waals surface area contributed by atoms with E-state index in [4.69, 9.17) is 14.2 Å². The fraction of sp³-hybridized carbons (Fsp3) is 0.554. The van der Waals surface area contributed by atoms with Crippen LogP contribution in [-0.2, 0) is 28.6 Å². The smallest absolute Gasteiger partial charge is 0.310 e. The standard InChI is InChI=1S/C56H86O6/c1-4-7-10-13-16-19-22-25-28-31-34-37-40-43-46-49-55(58)61-52-53(51-60-54(57)48-45-42-39-36-33-30-27-24-21-18-15-12-9-6-3)62-56(59)50-47-44-41-38-35-32-29-26-23-20-17-14-11-8-5-2/h7-8,10-11,16-17,19-20,24-29,34-35,37-38,43-44,46-47,53H,4-6,9,12-15,18,21-23,30-33,36,39-42,45,48-52H2,1-3H3/b10-7-,11-8-,19-16-,20-17-,27-24-,28-25-,29-26-,37-34-,38-35-,46-43-,47-44-. The summed E-state index contributed by atoms with van der Waals surface area (Å²) in [5.74, 6) is -1.24. The van der Waals surface area contributed by atoms with E-state index < -0.39 is 18.0 Å². The SMILES string of the molecule is CC/C=C\C/C=C\C/C=C\C/C=C\C/C=C\CC(=O)OCC(COC(=O)CCCCCCC/C=C\CCCCCCC)OC(=O)C/C=C\C/C=C\C/C=C\C/C=C\C/C=C\CC. The summed E-state index contributed by atoms with van der Waals surface area (Å²) in [6.45, 7) is 6.18. The summed E-state index contributed by atoms with van der Waals surface area (Å²) in [6, 6.07) is 0. The van der Waals surface area contributed by atoms with Gasteiger partial charge in [-0.15, -0.1) is 0 Å². The average Bonchev–Trinajstić information content (AvgIpc) is 3.27. The van der Waals surface area contributed by atoms with Crippen molar-refractivity contribution in [1.29, 1.82) is 0 Å². The summed E-state index contributed by atoms with van der Waals surface area (Å²) in [4.78, 5) is 37.8. The molecule has 346 valence electrons. The van der Waals surface area contributed by atoms with E-state index >= 15 is 0 Å². The van der Waals surface area contributed by atoms with Crippen LogP contribution in [-0.4, -0.2) is 37.2 Å². The van der Waals surface area contributed by atoms with E-state index in [1.165, 1.54) is 44.9 Å². The number of hydrogen-bond donors (Lipinski definition) is 0. The van der Waals surface area contributed by atoms with Gasteiger partial charge in [0, 0.05) is 6.42 Å². The Bertz CT molecular complexity index is 1400. The highest BCUT2D eigenvalue weighted by molar-refractivity contribution is 5.72. The summed E-state index contributed by atoms with van der Waals surface area (Å²) < 4.78 is 16.5. The van der Waals surface area contributed by atoms with Crippen LogP contribution in [0.5, 0.6) is 0 Å². The quantitative estimate of drug-likeness (QED) is 0.0264. The van der Waals surface area contributed by atoms with E-state index in [1.54, 1.807) is 12.2 Å². The zero-order chi connectivity index (χ0) is 45.1. The van der Waals surface area contributed by atoms with Crippen LogP contribution in [0.25, 0.3) is 0 Å². The maximum Gasteiger partial charge on any atom is 0.310 e. The van der Waals surface area contributed by atoms with Crippen molar-refractivity contribution in [3.63, 3.8) is 0 Å². The van der Waals surface area contributed by atoms with Crippen LogP contribution in [0.3, 0.4) is 0 Å². The number of carbonyl (C=O) groups is 3. The van der Waals surface area contributed by atoms with Crippen molar-refractivity contribution in [2.75, 3.05) is 13.2 Å². The maximum atomic E-state index is 12.7. The van der Waals surface area contributed by atoms with Crippen LogP contribution >= 0.6 is 0 Å². The van der Waals surface area contributed by atoms with Crippen LogP contribution in [0.15, 0.2) is 134 Å². The Morgan fingerprint density at radius 3 is 1.11 bits per heavy atom. The van der Waals surface area contributed by atoms with Gasteiger partial charge in [0.15, 0.2) is 6.10 Å². The number of allylic oxidation sites excluding steroid dienone is 20. The topological polar surface area (TPSA) is 78.9 Å². The summed E-state index contributed by atoms with van der Waals surface area (Å²) in [5.41, 5.74) is 0.